The summed E-state index contributed by atoms with van der Waals surface area (Å²) in [5, 5.41) is 35.7. The molecule has 0 aliphatic rings. The van der Waals surface area contributed by atoms with Crippen molar-refractivity contribution in [2.24, 2.45) is 11.7 Å². The van der Waals surface area contributed by atoms with Gasteiger partial charge in [-0.15, -0.1) is 0 Å². The number of carboxylic acid groups (broad SMARTS) is 2. The minimum absolute atomic E-state index is 0.00819. The van der Waals surface area contributed by atoms with Crippen LogP contribution in [0.2, 0.25) is 0 Å². The first-order valence-corrected chi connectivity index (χ1v) is 12.8. The number of carboxylic acids is 2. The molecule has 2 rings (SSSR count). The van der Waals surface area contributed by atoms with Crippen LogP contribution in [0.5, 0.6) is 5.75 Å². The molecule has 40 heavy (non-hydrogen) atoms. The molecule has 0 fully saturated rings. The predicted molar refractivity (Wildman–Crippen MR) is 145 cm³/mol. The zero-order chi connectivity index (χ0) is 29.8. The van der Waals surface area contributed by atoms with Crippen molar-refractivity contribution in [2.75, 3.05) is 0 Å². The van der Waals surface area contributed by atoms with E-state index < -0.39 is 66.2 Å². The van der Waals surface area contributed by atoms with E-state index in [1.807, 2.05) is 6.07 Å². The van der Waals surface area contributed by atoms with E-state index in [4.69, 9.17) is 5.73 Å². The zero-order valence-corrected chi connectivity index (χ0v) is 22.4. The highest BCUT2D eigenvalue weighted by molar-refractivity contribution is 5.95. The average Bonchev–Trinajstić information content (AvgIpc) is 2.91. The van der Waals surface area contributed by atoms with Gasteiger partial charge in [-0.25, -0.2) is 4.79 Å². The number of nitrogens with one attached hydrogen (secondary N) is 3. The Morgan fingerprint density at radius 2 is 1.32 bits per heavy atom. The first-order chi connectivity index (χ1) is 18.9. The molecule has 8 N–H and O–H groups in total. The maximum absolute atomic E-state index is 13.3. The maximum atomic E-state index is 13.3. The van der Waals surface area contributed by atoms with Crippen LogP contribution < -0.4 is 21.7 Å². The highest BCUT2D eigenvalue weighted by atomic mass is 16.4. The Morgan fingerprint density at radius 3 is 1.88 bits per heavy atom. The molecule has 0 saturated carbocycles. The molecular formula is C28H36N4O8. The van der Waals surface area contributed by atoms with Gasteiger partial charge in [0.25, 0.3) is 0 Å². The van der Waals surface area contributed by atoms with Crippen LogP contribution in [0.25, 0.3) is 0 Å². The second-order valence-electron chi connectivity index (χ2n) is 9.60. The van der Waals surface area contributed by atoms with E-state index in [-0.39, 0.29) is 18.6 Å². The number of phenolic OH excluding ortho intramolecular Hbond substituents is 1. The standard InChI is InChI=1S/C28H36N4O8/c1-3-16(2)24(28(39)40)32-27(38)22(15-23(34)35)31-26(37)21(14-18-9-11-19(33)12-10-18)30-25(36)20(29)13-17-7-5-4-6-8-17/h4-12,16,20-22,24,33H,3,13-15,29H2,1-2H3,(H,30,36)(H,31,37)(H,32,38)(H,34,35)(H,39,40). The van der Waals surface area contributed by atoms with E-state index in [0.717, 1.165) is 5.56 Å². The van der Waals surface area contributed by atoms with Gasteiger partial charge in [-0.1, -0.05) is 62.7 Å². The van der Waals surface area contributed by atoms with Crippen LogP contribution in [0.3, 0.4) is 0 Å². The van der Waals surface area contributed by atoms with Gasteiger partial charge in [0.05, 0.1) is 12.5 Å². The van der Waals surface area contributed by atoms with Crippen LogP contribution in [0.4, 0.5) is 0 Å². The number of hydrogen-bond donors (Lipinski definition) is 7. The number of hydrogen-bond acceptors (Lipinski definition) is 7. The number of carbonyl (C=O) groups excluding carboxylic acids is 3. The topological polar surface area (TPSA) is 208 Å². The summed E-state index contributed by atoms with van der Waals surface area (Å²) in [6.45, 7) is 3.36. The van der Waals surface area contributed by atoms with Crippen molar-refractivity contribution in [3.8, 4) is 5.75 Å². The molecule has 2 aromatic rings. The third-order valence-corrected chi connectivity index (χ3v) is 6.43. The van der Waals surface area contributed by atoms with E-state index in [1.165, 1.54) is 24.3 Å². The summed E-state index contributed by atoms with van der Waals surface area (Å²) in [5.74, 6) is -5.68. The summed E-state index contributed by atoms with van der Waals surface area (Å²) in [6, 6.07) is 9.68. The Hall–Kier alpha value is -4.45. The molecule has 5 unspecified atom stereocenters. The van der Waals surface area contributed by atoms with Crippen molar-refractivity contribution in [1.29, 1.82) is 0 Å². The lowest BCUT2D eigenvalue weighted by molar-refractivity contribution is -0.144. The smallest absolute Gasteiger partial charge is 0.326 e. The molecule has 0 saturated heterocycles. The van der Waals surface area contributed by atoms with Crippen LogP contribution >= 0.6 is 0 Å². The second-order valence-corrected chi connectivity index (χ2v) is 9.60. The maximum Gasteiger partial charge on any atom is 0.326 e. The van der Waals surface area contributed by atoms with Crippen molar-refractivity contribution in [3.05, 3.63) is 65.7 Å². The van der Waals surface area contributed by atoms with Gasteiger partial charge in [-0.3, -0.25) is 19.2 Å². The Balaban J connectivity index is 2.25. The summed E-state index contributed by atoms with van der Waals surface area (Å²) in [5.41, 5.74) is 7.43. The molecule has 0 aliphatic carbocycles. The zero-order valence-electron chi connectivity index (χ0n) is 22.4. The van der Waals surface area contributed by atoms with Gasteiger partial charge in [0.1, 0.15) is 23.9 Å². The lowest BCUT2D eigenvalue weighted by Crippen LogP contribution is -2.58. The minimum Gasteiger partial charge on any atom is -0.508 e. The van der Waals surface area contributed by atoms with Crippen LogP contribution in [0.1, 0.15) is 37.8 Å². The fourth-order valence-corrected chi connectivity index (χ4v) is 3.91. The highest BCUT2D eigenvalue weighted by Gasteiger charge is 2.33. The molecule has 216 valence electrons. The number of carbonyl (C=O) groups is 5. The third kappa shape index (κ3) is 10.0. The molecule has 0 aliphatic heterocycles. The number of rotatable bonds is 15. The van der Waals surface area contributed by atoms with Crippen molar-refractivity contribution in [2.45, 2.75) is 63.7 Å². The fourth-order valence-electron chi connectivity index (χ4n) is 3.91. The largest absolute Gasteiger partial charge is 0.508 e. The number of amides is 3. The van der Waals surface area contributed by atoms with E-state index in [0.29, 0.717) is 12.0 Å². The molecule has 0 heterocycles. The summed E-state index contributed by atoms with van der Waals surface area (Å²) in [6.07, 6.45) is -0.270. The first kappa shape index (κ1) is 31.8. The Morgan fingerprint density at radius 1 is 0.775 bits per heavy atom. The van der Waals surface area contributed by atoms with Gasteiger partial charge in [0, 0.05) is 6.42 Å². The van der Waals surface area contributed by atoms with Gasteiger partial charge < -0.3 is 37.0 Å². The highest BCUT2D eigenvalue weighted by Crippen LogP contribution is 2.13. The van der Waals surface area contributed by atoms with Gasteiger partial charge in [-0.2, -0.15) is 0 Å². The minimum atomic E-state index is -1.62. The van der Waals surface area contributed by atoms with Crippen LogP contribution in [0.15, 0.2) is 54.6 Å². The van der Waals surface area contributed by atoms with Crippen LogP contribution in [0, 0.1) is 5.92 Å². The molecule has 5 atom stereocenters. The lowest BCUT2D eigenvalue weighted by atomic mass is 9.98. The number of aliphatic carboxylic acids is 2. The number of benzene rings is 2. The Kier molecular flexibility index (Phi) is 12.1. The predicted octanol–water partition coefficient (Wildman–Crippen LogP) is 0.565. The molecule has 0 bridgehead atoms. The fraction of sp³-hybridized carbons (Fsp3) is 0.393. The molecule has 12 heteroatoms. The summed E-state index contributed by atoms with van der Waals surface area (Å²) >= 11 is 0. The van der Waals surface area contributed by atoms with Crippen molar-refractivity contribution in [3.63, 3.8) is 0 Å². The van der Waals surface area contributed by atoms with Crippen molar-refractivity contribution >= 4 is 29.7 Å². The molecule has 0 spiro atoms. The van der Waals surface area contributed by atoms with E-state index in [2.05, 4.69) is 16.0 Å². The van der Waals surface area contributed by atoms with Gasteiger partial charge >= 0.3 is 11.9 Å². The molecular weight excluding hydrogens is 520 g/mol. The van der Waals surface area contributed by atoms with E-state index in [1.54, 1.807) is 38.1 Å². The summed E-state index contributed by atoms with van der Waals surface area (Å²) in [4.78, 5) is 62.3. The number of aromatic hydroxyl groups is 1. The van der Waals surface area contributed by atoms with Gasteiger partial charge in [0.2, 0.25) is 17.7 Å². The molecule has 12 nitrogen and oxygen atoms in total. The van der Waals surface area contributed by atoms with Crippen LogP contribution in [-0.2, 0) is 36.8 Å². The Bertz CT molecular complexity index is 1170. The van der Waals surface area contributed by atoms with E-state index >= 15 is 0 Å². The Labute approximate surface area is 232 Å². The third-order valence-electron chi connectivity index (χ3n) is 6.43. The summed E-state index contributed by atoms with van der Waals surface area (Å²) in [7, 11) is 0. The monoisotopic (exact) mass is 556 g/mol. The number of phenols is 1. The van der Waals surface area contributed by atoms with Crippen LogP contribution in [-0.4, -0.2) is 69.1 Å². The average molecular weight is 557 g/mol. The molecule has 2 aromatic carbocycles. The summed E-state index contributed by atoms with van der Waals surface area (Å²) < 4.78 is 0. The first-order valence-electron chi connectivity index (χ1n) is 12.8. The SMILES string of the molecule is CCC(C)C(NC(=O)C(CC(=O)O)NC(=O)C(Cc1ccc(O)cc1)NC(=O)C(N)Cc1ccccc1)C(=O)O. The van der Waals surface area contributed by atoms with Crippen molar-refractivity contribution < 1.29 is 39.3 Å². The van der Waals surface area contributed by atoms with Crippen molar-refractivity contribution in [1.82, 2.24) is 16.0 Å². The lowest BCUT2D eigenvalue weighted by Gasteiger charge is -2.26. The molecule has 0 radical (unpaired) electrons. The molecule has 3 amide bonds. The molecule has 0 aromatic heterocycles. The normalized spacial score (nSPS) is 14.6. The van der Waals surface area contributed by atoms with Gasteiger partial charge in [0.15, 0.2) is 0 Å². The second kappa shape index (κ2) is 15.2. The van der Waals surface area contributed by atoms with E-state index in [9.17, 15) is 39.3 Å². The quantitative estimate of drug-likeness (QED) is 0.163. The number of nitrogens with two attached hydrogens (primary N) is 1. The van der Waals surface area contributed by atoms with Gasteiger partial charge in [-0.05, 0) is 35.6 Å².